The van der Waals surface area contributed by atoms with E-state index in [0.29, 0.717) is 6.61 Å². The summed E-state index contributed by atoms with van der Waals surface area (Å²) >= 11 is 1.24. The van der Waals surface area contributed by atoms with Crippen molar-refractivity contribution in [2.24, 2.45) is 0 Å². The number of nitrogens with zero attached hydrogens (tertiary/aromatic N) is 2. The SMILES string of the molecule is COc1ccc2c(c1)nc(SCC(=O)O)n2C1CCOC1. The summed E-state index contributed by atoms with van der Waals surface area (Å²) in [6.07, 6.45) is 0.915. The summed E-state index contributed by atoms with van der Waals surface area (Å²) in [6, 6.07) is 5.93. The van der Waals surface area contributed by atoms with E-state index in [1.54, 1.807) is 7.11 Å². The van der Waals surface area contributed by atoms with Gasteiger partial charge in [-0.25, -0.2) is 4.98 Å². The van der Waals surface area contributed by atoms with E-state index in [1.807, 2.05) is 18.2 Å². The van der Waals surface area contributed by atoms with Gasteiger partial charge >= 0.3 is 5.97 Å². The molecule has 1 aromatic carbocycles. The highest BCUT2D eigenvalue weighted by molar-refractivity contribution is 7.99. The topological polar surface area (TPSA) is 73.6 Å². The van der Waals surface area contributed by atoms with Gasteiger partial charge in [0.1, 0.15) is 5.75 Å². The van der Waals surface area contributed by atoms with E-state index < -0.39 is 5.97 Å². The van der Waals surface area contributed by atoms with Crippen LogP contribution in [0.1, 0.15) is 12.5 Å². The predicted molar refractivity (Wildman–Crippen MR) is 79.1 cm³/mol. The molecule has 1 fully saturated rings. The van der Waals surface area contributed by atoms with Crippen LogP contribution < -0.4 is 4.74 Å². The number of rotatable bonds is 5. The summed E-state index contributed by atoms with van der Waals surface area (Å²) in [5.41, 5.74) is 1.80. The van der Waals surface area contributed by atoms with Crippen molar-refractivity contribution < 1.29 is 19.4 Å². The molecule has 0 amide bonds. The molecule has 0 saturated carbocycles. The molecule has 0 bridgehead atoms. The molecule has 3 rings (SSSR count). The van der Waals surface area contributed by atoms with Gasteiger partial charge in [-0.05, 0) is 18.6 Å². The highest BCUT2D eigenvalue weighted by Gasteiger charge is 2.24. The molecule has 21 heavy (non-hydrogen) atoms. The van der Waals surface area contributed by atoms with Crippen molar-refractivity contribution in [2.75, 3.05) is 26.1 Å². The first kappa shape index (κ1) is 14.2. The second-order valence-electron chi connectivity index (χ2n) is 4.82. The number of fused-ring (bicyclic) bond motifs is 1. The number of thioether (sulfide) groups is 1. The fraction of sp³-hybridized carbons (Fsp3) is 0.429. The maximum absolute atomic E-state index is 10.8. The van der Waals surface area contributed by atoms with Gasteiger partial charge in [-0.3, -0.25) is 4.79 Å². The number of methoxy groups -OCH3 is 1. The number of aliphatic carboxylic acids is 1. The lowest BCUT2D eigenvalue weighted by atomic mass is 10.2. The number of benzene rings is 1. The molecule has 1 unspecified atom stereocenters. The molecule has 2 aromatic rings. The van der Waals surface area contributed by atoms with Crippen molar-refractivity contribution in [1.29, 1.82) is 0 Å². The summed E-state index contributed by atoms with van der Waals surface area (Å²) in [7, 11) is 1.61. The fourth-order valence-electron chi connectivity index (χ4n) is 2.49. The second kappa shape index (κ2) is 5.95. The number of carboxylic acid groups (broad SMARTS) is 1. The minimum atomic E-state index is -0.848. The van der Waals surface area contributed by atoms with Crippen molar-refractivity contribution in [2.45, 2.75) is 17.6 Å². The van der Waals surface area contributed by atoms with Crippen molar-refractivity contribution in [1.82, 2.24) is 9.55 Å². The molecule has 0 aliphatic carbocycles. The van der Waals surface area contributed by atoms with Crippen LogP contribution >= 0.6 is 11.8 Å². The Morgan fingerprint density at radius 2 is 2.48 bits per heavy atom. The van der Waals surface area contributed by atoms with Crippen molar-refractivity contribution in [3.05, 3.63) is 18.2 Å². The van der Waals surface area contributed by atoms with Crippen molar-refractivity contribution in [3.63, 3.8) is 0 Å². The number of hydrogen-bond donors (Lipinski definition) is 1. The number of ether oxygens (including phenoxy) is 2. The number of carboxylic acids is 1. The maximum Gasteiger partial charge on any atom is 0.313 e. The predicted octanol–water partition coefficient (Wildman–Crippen LogP) is 2.18. The normalized spacial score (nSPS) is 18.2. The Kier molecular flexibility index (Phi) is 4.03. The summed E-state index contributed by atoms with van der Waals surface area (Å²) in [6.45, 7) is 1.36. The van der Waals surface area contributed by atoms with Crippen LogP contribution in [0.4, 0.5) is 0 Å². The summed E-state index contributed by atoms with van der Waals surface area (Å²) in [5.74, 6) is -0.114. The fourth-order valence-corrected chi connectivity index (χ4v) is 3.29. The van der Waals surface area contributed by atoms with E-state index in [0.717, 1.165) is 35.0 Å². The van der Waals surface area contributed by atoms with Gasteiger partial charge in [0.05, 0.1) is 36.5 Å². The summed E-state index contributed by atoms with van der Waals surface area (Å²) in [4.78, 5) is 15.4. The van der Waals surface area contributed by atoms with Crippen molar-refractivity contribution >= 4 is 28.8 Å². The van der Waals surface area contributed by atoms with Crippen LogP contribution in [0.2, 0.25) is 0 Å². The highest BCUT2D eigenvalue weighted by atomic mass is 32.2. The minimum absolute atomic E-state index is 0.00592. The van der Waals surface area contributed by atoms with E-state index in [-0.39, 0.29) is 11.8 Å². The molecule has 1 N–H and O–H groups in total. The smallest absolute Gasteiger partial charge is 0.313 e. The third kappa shape index (κ3) is 2.84. The number of carbonyl (C=O) groups is 1. The van der Waals surface area contributed by atoms with Crippen LogP contribution in [-0.2, 0) is 9.53 Å². The van der Waals surface area contributed by atoms with Crippen LogP contribution in [0, 0.1) is 0 Å². The summed E-state index contributed by atoms with van der Waals surface area (Å²) in [5, 5.41) is 9.60. The van der Waals surface area contributed by atoms with Gasteiger partial charge in [-0.15, -0.1) is 0 Å². The van der Waals surface area contributed by atoms with E-state index in [1.165, 1.54) is 11.8 Å². The largest absolute Gasteiger partial charge is 0.497 e. The third-order valence-corrected chi connectivity index (χ3v) is 4.40. The Morgan fingerprint density at radius 3 is 3.14 bits per heavy atom. The van der Waals surface area contributed by atoms with Crippen LogP contribution in [0.5, 0.6) is 5.75 Å². The first-order chi connectivity index (χ1) is 10.2. The zero-order valence-electron chi connectivity index (χ0n) is 11.6. The van der Waals surface area contributed by atoms with Gasteiger partial charge in [-0.1, -0.05) is 11.8 Å². The zero-order valence-corrected chi connectivity index (χ0v) is 12.4. The van der Waals surface area contributed by atoms with Gasteiger partial charge in [0, 0.05) is 12.7 Å². The van der Waals surface area contributed by atoms with Crippen LogP contribution in [0.25, 0.3) is 11.0 Å². The molecular weight excluding hydrogens is 292 g/mol. The van der Waals surface area contributed by atoms with Gasteiger partial charge < -0.3 is 19.1 Å². The van der Waals surface area contributed by atoms with Gasteiger partial charge in [0.15, 0.2) is 5.16 Å². The second-order valence-corrected chi connectivity index (χ2v) is 5.76. The number of aromatic nitrogens is 2. The van der Waals surface area contributed by atoms with E-state index in [9.17, 15) is 4.79 Å². The Balaban J connectivity index is 2.05. The standard InChI is InChI=1S/C14H16N2O4S/c1-19-10-2-3-12-11(6-10)15-14(21-8-13(17)18)16(12)9-4-5-20-7-9/h2-3,6,9H,4-5,7-8H2,1H3,(H,17,18). The lowest BCUT2D eigenvalue weighted by molar-refractivity contribution is -0.133. The molecule has 1 aromatic heterocycles. The Morgan fingerprint density at radius 1 is 1.62 bits per heavy atom. The molecule has 112 valence electrons. The first-order valence-electron chi connectivity index (χ1n) is 6.67. The van der Waals surface area contributed by atoms with E-state index >= 15 is 0 Å². The lowest BCUT2D eigenvalue weighted by Gasteiger charge is -2.14. The maximum atomic E-state index is 10.8. The first-order valence-corrected chi connectivity index (χ1v) is 7.66. The molecule has 0 spiro atoms. The Labute approximate surface area is 126 Å². The molecular formula is C14H16N2O4S. The monoisotopic (exact) mass is 308 g/mol. The highest BCUT2D eigenvalue weighted by Crippen LogP contribution is 2.32. The number of imidazole rings is 1. The van der Waals surface area contributed by atoms with Crippen molar-refractivity contribution in [3.8, 4) is 5.75 Å². The quantitative estimate of drug-likeness (QED) is 0.854. The third-order valence-electron chi connectivity index (χ3n) is 3.46. The molecule has 6 nitrogen and oxygen atoms in total. The molecule has 1 saturated heterocycles. The average molecular weight is 308 g/mol. The average Bonchev–Trinajstić information content (AvgIpc) is 3.10. The van der Waals surface area contributed by atoms with E-state index in [4.69, 9.17) is 14.6 Å². The van der Waals surface area contributed by atoms with Crippen LogP contribution in [-0.4, -0.2) is 46.7 Å². The lowest BCUT2D eigenvalue weighted by Crippen LogP contribution is -2.10. The van der Waals surface area contributed by atoms with Gasteiger partial charge in [0.2, 0.25) is 0 Å². The number of hydrogen-bond acceptors (Lipinski definition) is 5. The zero-order chi connectivity index (χ0) is 14.8. The molecule has 1 aliphatic rings. The van der Waals surface area contributed by atoms with Gasteiger partial charge in [0.25, 0.3) is 0 Å². The van der Waals surface area contributed by atoms with Gasteiger partial charge in [-0.2, -0.15) is 0 Å². The molecule has 7 heteroatoms. The molecule has 1 atom stereocenters. The molecule has 0 radical (unpaired) electrons. The van der Waals surface area contributed by atoms with E-state index in [2.05, 4.69) is 9.55 Å². The Hall–Kier alpha value is -1.73. The Bertz CT molecular complexity index is 664. The molecule has 1 aliphatic heterocycles. The summed E-state index contributed by atoms with van der Waals surface area (Å²) < 4.78 is 12.8. The molecule has 2 heterocycles. The van der Waals surface area contributed by atoms with Crippen LogP contribution in [0.15, 0.2) is 23.4 Å². The van der Waals surface area contributed by atoms with Crippen LogP contribution in [0.3, 0.4) is 0 Å². The minimum Gasteiger partial charge on any atom is -0.497 e.